The molecule has 0 aliphatic heterocycles. The molecule has 0 unspecified atom stereocenters. The molecule has 0 radical (unpaired) electrons. The Hall–Kier alpha value is -0.340. The Bertz CT molecular complexity index is 191. The van der Waals surface area contributed by atoms with Crippen molar-refractivity contribution < 1.29 is 0 Å². The molecule has 0 fully saturated rings. The van der Waals surface area contributed by atoms with Crippen LogP contribution in [-0.4, -0.2) is 6.54 Å². The molecule has 68 valence electrons. The van der Waals surface area contributed by atoms with Crippen molar-refractivity contribution in [2.45, 2.75) is 20.3 Å². The van der Waals surface area contributed by atoms with Gasteiger partial charge in [-0.05, 0) is 32.0 Å². The molecule has 1 rings (SSSR count). The van der Waals surface area contributed by atoms with Crippen LogP contribution in [0.1, 0.15) is 18.9 Å². The zero-order valence-corrected chi connectivity index (χ0v) is 9.26. The molecule has 0 saturated carbocycles. The number of halogens is 1. The van der Waals surface area contributed by atoms with Crippen molar-refractivity contribution in [2.75, 3.05) is 6.54 Å². The minimum Gasteiger partial charge on any atom is -0.330 e. The maximum atomic E-state index is 5.03. The van der Waals surface area contributed by atoms with Gasteiger partial charge < -0.3 is 5.73 Å². The average molecular weight is 230 g/mol. The van der Waals surface area contributed by atoms with Crippen LogP contribution in [0, 0.1) is 6.92 Å². The predicted molar refractivity (Wildman–Crippen MR) is 58.2 cm³/mol. The summed E-state index contributed by atoms with van der Waals surface area (Å²) in [5.74, 6) is 0. The Morgan fingerprint density at radius 1 is 1.42 bits per heavy atom. The molecule has 0 heterocycles. The fourth-order valence-corrected chi connectivity index (χ4v) is 1.12. The first kappa shape index (κ1) is 11.7. The van der Waals surface area contributed by atoms with Gasteiger partial charge in [-0.2, -0.15) is 0 Å². The summed E-state index contributed by atoms with van der Waals surface area (Å²) in [5.41, 5.74) is 6.32. The largest absolute Gasteiger partial charge is 0.330 e. The molecule has 0 aromatic heterocycles. The van der Waals surface area contributed by atoms with Crippen molar-refractivity contribution in [3.8, 4) is 0 Å². The average Bonchev–Trinajstić information content (AvgIpc) is 2.04. The predicted octanol–water partition coefficient (Wildman–Crippen LogP) is 3.11. The highest BCUT2D eigenvalue weighted by atomic mass is 79.9. The van der Waals surface area contributed by atoms with Gasteiger partial charge in [0, 0.05) is 4.47 Å². The molecule has 0 aliphatic carbocycles. The van der Waals surface area contributed by atoms with E-state index in [1.54, 1.807) is 0 Å². The van der Waals surface area contributed by atoms with E-state index in [4.69, 9.17) is 5.73 Å². The molecular formula is C10H16BrN. The van der Waals surface area contributed by atoms with E-state index in [1.165, 1.54) is 5.56 Å². The van der Waals surface area contributed by atoms with Gasteiger partial charge in [-0.1, -0.05) is 40.5 Å². The van der Waals surface area contributed by atoms with Crippen LogP contribution >= 0.6 is 15.9 Å². The molecule has 0 aliphatic rings. The van der Waals surface area contributed by atoms with Gasteiger partial charge in [0.25, 0.3) is 0 Å². The van der Waals surface area contributed by atoms with Crippen molar-refractivity contribution in [1.82, 2.24) is 0 Å². The molecule has 0 bridgehead atoms. The van der Waals surface area contributed by atoms with Gasteiger partial charge in [0.2, 0.25) is 0 Å². The van der Waals surface area contributed by atoms with Gasteiger partial charge in [0.05, 0.1) is 0 Å². The lowest BCUT2D eigenvalue weighted by molar-refractivity contribution is 0.932. The molecule has 0 saturated heterocycles. The molecule has 1 nitrogen and oxygen atoms in total. The SMILES string of the molecule is CCCN.Cc1cccc(Br)c1. The molecular weight excluding hydrogens is 214 g/mol. The number of aryl methyl sites for hydroxylation is 1. The van der Waals surface area contributed by atoms with Gasteiger partial charge >= 0.3 is 0 Å². The molecule has 0 atom stereocenters. The van der Waals surface area contributed by atoms with E-state index in [-0.39, 0.29) is 0 Å². The summed E-state index contributed by atoms with van der Waals surface area (Å²) in [7, 11) is 0. The topological polar surface area (TPSA) is 26.0 Å². The Labute approximate surface area is 83.1 Å². The fraction of sp³-hybridized carbons (Fsp3) is 0.400. The lowest BCUT2D eigenvalue weighted by Crippen LogP contribution is -1.93. The highest BCUT2D eigenvalue weighted by molar-refractivity contribution is 9.10. The highest BCUT2D eigenvalue weighted by Crippen LogP contribution is 2.09. The summed E-state index contributed by atoms with van der Waals surface area (Å²) in [5, 5.41) is 0. The zero-order valence-electron chi connectivity index (χ0n) is 7.68. The Morgan fingerprint density at radius 3 is 2.25 bits per heavy atom. The van der Waals surface area contributed by atoms with E-state index < -0.39 is 0 Å². The number of hydrogen-bond acceptors (Lipinski definition) is 1. The fourth-order valence-electron chi connectivity index (χ4n) is 0.606. The lowest BCUT2D eigenvalue weighted by Gasteiger charge is -1.89. The Kier molecular flexibility index (Phi) is 7.11. The molecule has 2 N–H and O–H groups in total. The quantitative estimate of drug-likeness (QED) is 0.788. The van der Waals surface area contributed by atoms with Crippen LogP contribution in [0.2, 0.25) is 0 Å². The second-order valence-corrected chi connectivity index (χ2v) is 3.50. The van der Waals surface area contributed by atoms with E-state index in [1.807, 2.05) is 12.1 Å². The van der Waals surface area contributed by atoms with Crippen LogP contribution in [0.25, 0.3) is 0 Å². The standard InChI is InChI=1S/C7H7Br.C3H9N/c1-6-3-2-4-7(8)5-6;1-2-3-4/h2-5H,1H3;2-4H2,1H3. The molecule has 1 aromatic carbocycles. The maximum absolute atomic E-state index is 5.03. The van der Waals surface area contributed by atoms with Crippen LogP contribution < -0.4 is 5.73 Å². The van der Waals surface area contributed by atoms with Gasteiger partial charge in [-0.3, -0.25) is 0 Å². The van der Waals surface area contributed by atoms with E-state index in [0.717, 1.165) is 17.4 Å². The summed E-state index contributed by atoms with van der Waals surface area (Å²) in [4.78, 5) is 0. The zero-order chi connectivity index (χ0) is 9.40. The summed E-state index contributed by atoms with van der Waals surface area (Å²) in [6.07, 6.45) is 1.10. The smallest absolute Gasteiger partial charge is 0.0177 e. The molecule has 12 heavy (non-hydrogen) atoms. The molecule has 0 spiro atoms. The van der Waals surface area contributed by atoms with Gasteiger partial charge in [-0.25, -0.2) is 0 Å². The van der Waals surface area contributed by atoms with Crippen LogP contribution in [0.5, 0.6) is 0 Å². The first-order valence-corrected chi connectivity index (χ1v) is 4.92. The highest BCUT2D eigenvalue weighted by Gasteiger charge is 1.82. The number of nitrogens with two attached hydrogens (primary N) is 1. The third kappa shape index (κ3) is 6.38. The van der Waals surface area contributed by atoms with Crippen LogP contribution in [-0.2, 0) is 0 Å². The summed E-state index contributed by atoms with van der Waals surface area (Å²) >= 11 is 3.36. The van der Waals surface area contributed by atoms with Crippen molar-refractivity contribution >= 4 is 15.9 Å². The van der Waals surface area contributed by atoms with Crippen molar-refractivity contribution in [2.24, 2.45) is 5.73 Å². The van der Waals surface area contributed by atoms with Gasteiger partial charge in [-0.15, -0.1) is 0 Å². The summed E-state index contributed by atoms with van der Waals surface area (Å²) in [6, 6.07) is 8.21. The van der Waals surface area contributed by atoms with Crippen molar-refractivity contribution in [3.63, 3.8) is 0 Å². The Morgan fingerprint density at radius 2 is 2.00 bits per heavy atom. The third-order valence-electron chi connectivity index (χ3n) is 1.27. The normalized spacial score (nSPS) is 8.67. The second kappa shape index (κ2) is 7.32. The molecule has 1 aromatic rings. The summed E-state index contributed by atoms with van der Waals surface area (Å²) in [6.45, 7) is 4.95. The van der Waals surface area contributed by atoms with Crippen molar-refractivity contribution in [1.29, 1.82) is 0 Å². The number of benzene rings is 1. The van der Waals surface area contributed by atoms with Crippen molar-refractivity contribution in [3.05, 3.63) is 34.3 Å². The third-order valence-corrected chi connectivity index (χ3v) is 1.76. The first-order valence-electron chi connectivity index (χ1n) is 4.13. The van der Waals surface area contributed by atoms with Gasteiger partial charge in [0.15, 0.2) is 0 Å². The minimum absolute atomic E-state index is 0.819. The lowest BCUT2D eigenvalue weighted by atomic mass is 10.2. The first-order chi connectivity index (χ1) is 5.70. The van der Waals surface area contributed by atoms with E-state index in [0.29, 0.717) is 0 Å². The minimum atomic E-state index is 0.819. The van der Waals surface area contributed by atoms with E-state index >= 15 is 0 Å². The molecule has 0 amide bonds. The number of rotatable bonds is 1. The second-order valence-electron chi connectivity index (χ2n) is 2.59. The summed E-state index contributed by atoms with van der Waals surface area (Å²) < 4.78 is 1.15. The molecule has 2 heteroatoms. The maximum Gasteiger partial charge on any atom is 0.0177 e. The van der Waals surface area contributed by atoms with E-state index in [2.05, 4.69) is 41.9 Å². The van der Waals surface area contributed by atoms with Gasteiger partial charge in [0.1, 0.15) is 0 Å². The monoisotopic (exact) mass is 229 g/mol. The van der Waals surface area contributed by atoms with E-state index in [9.17, 15) is 0 Å². The Balaban J connectivity index is 0.000000261. The van der Waals surface area contributed by atoms with Crippen LogP contribution in [0.3, 0.4) is 0 Å². The van der Waals surface area contributed by atoms with Crippen LogP contribution in [0.15, 0.2) is 28.7 Å². The van der Waals surface area contributed by atoms with Crippen LogP contribution in [0.4, 0.5) is 0 Å². The number of hydrogen-bond donors (Lipinski definition) is 1.